The molecule has 1 rings (SSSR count). The highest BCUT2D eigenvalue weighted by molar-refractivity contribution is 5.89. The molecule has 2 N–H and O–H groups in total. The molecule has 5 nitrogen and oxygen atoms in total. The summed E-state index contributed by atoms with van der Waals surface area (Å²) in [6, 6.07) is -0.352. The van der Waals surface area contributed by atoms with Gasteiger partial charge in [0.15, 0.2) is 0 Å². The van der Waals surface area contributed by atoms with Crippen LogP contribution in [0.3, 0.4) is 0 Å². The van der Waals surface area contributed by atoms with Crippen molar-refractivity contribution in [2.45, 2.75) is 38.6 Å². The van der Waals surface area contributed by atoms with Crippen LogP contribution >= 0.6 is 0 Å². The van der Waals surface area contributed by atoms with Crippen molar-refractivity contribution in [2.24, 2.45) is 4.99 Å². The monoisotopic (exact) mass is 199 g/mol. The lowest BCUT2D eigenvalue weighted by Crippen LogP contribution is -2.43. The van der Waals surface area contributed by atoms with E-state index in [0.717, 1.165) is 0 Å². The molecule has 1 aliphatic heterocycles. The number of aliphatic imine (C=N–C) groups is 1. The van der Waals surface area contributed by atoms with E-state index in [1.165, 1.54) is 6.34 Å². The summed E-state index contributed by atoms with van der Waals surface area (Å²) in [5.41, 5.74) is -0.449. The van der Waals surface area contributed by atoms with Gasteiger partial charge in [-0.25, -0.2) is 4.99 Å². The van der Waals surface area contributed by atoms with Crippen LogP contribution in [0.15, 0.2) is 4.99 Å². The van der Waals surface area contributed by atoms with Gasteiger partial charge in [-0.2, -0.15) is 0 Å². The molecule has 1 amide bonds. The van der Waals surface area contributed by atoms with Gasteiger partial charge < -0.3 is 10.1 Å². The summed E-state index contributed by atoms with van der Waals surface area (Å²) in [6.07, 6.45) is 1.23. The van der Waals surface area contributed by atoms with Gasteiger partial charge in [0.25, 0.3) is 5.91 Å². The summed E-state index contributed by atoms with van der Waals surface area (Å²) in [5, 5.41) is 5.75. The molecule has 1 saturated heterocycles. The summed E-state index contributed by atoms with van der Waals surface area (Å²) in [5.74, 6) is -0.211. The second kappa shape index (κ2) is 4.06. The number of nitrogens with zero attached hydrogens (tertiary/aromatic N) is 1. The second-order valence-corrected chi connectivity index (χ2v) is 3.84. The SMILES string of the molecule is CN/C=N\C(=O)[C@H]1NC(C)(C)O[C@@H]1C. The topological polar surface area (TPSA) is 62.7 Å². The second-order valence-electron chi connectivity index (χ2n) is 3.84. The number of rotatable bonds is 2. The molecule has 0 aromatic carbocycles. The molecule has 5 heteroatoms. The van der Waals surface area contributed by atoms with Crippen LogP contribution in [0.1, 0.15) is 20.8 Å². The van der Waals surface area contributed by atoms with Crippen molar-refractivity contribution in [3.8, 4) is 0 Å². The Morgan fingerprint density at radius 2 is 2.29 bits per heavy atom. The molecular formula is C9H17N3O2. The summed E-state index contributed by atoms with van der Waals surface area (Å²) < 4.78 is 5.54. The van der Waals surface area contributed by atoms with Gasteiger partial charge in [-0.1, -0.05) is 0 Å². The van der Waals surface area contributed by atoms with Gasteiger partial charge in [0, 0.05) is 7.05 Å². The Bertz CT molecular complexity index is 250. The molecule has 80 valence electrons. The largest absolute Gasteiger partial charge is 0.379 e. The van der Waals surface area contributed by atoms with Gasteiger partial charge in [0.2, 0.25) is 0 Å². The highest BCUT2D eigenvalue weighted by Crippen LogP contribution is 2.21. The molecule has 14 heavy (non-hydrogen) atoms. The lowest BCUT2D eigenvalue weighted by atomic mass is 10.2. The fraction of sp³-hybridized carbons (Fsp3) is 0.778. The first-order valence-corrected chi connectivity index (χ1v) is 4.65. The van der Waals surface area contributed by atoms with Crippen LogP contribution in [0.4, 0.5) is 0 Å². The van der Waals surface area contributed by atoms with Crippen molar-refractivity contribution in [1.29, 1.82) is 0 Å². The van der Waals surface area contributed by atoms with E-state index in [1.807, 2.05) is 20.8 Å². The minimum absolute atomic E-state index is 0.147. The first kappa shape index (κ1) is 11.1. The molecule has 0 aliphatic carbocycles. The van der Waals surface area contributed by atoms with Crippen molar-refractivity contribution in [1.82, 2.24) is 10.6 Å². The number of amides is 1. The lowest BCUT2D eigenvalue weighted by molar-refractivity contribution is -0.120. The number of hydrogen-bond donors (Lipinski definition) is 2. The Labute approximate surface area is 83.9 Å². The minimum Gasteiger partial charge on any atom is -0.379 e. The highest BCUT2D eigenvalue weighted by atomic mass is 16.5. The van der Waals surface area contributed by atoms with Crippen LogP contribution in [-0.4, -0.2) is 37.2 Å². The minimum atomic E-state index is -0.449. The third-order valence-electron chi connectivity index (χ3n) is 2.04. The summed E-state index contributed by atoms with van der Waals surface area (Å²) in [4.78, 5) is 15.2. The van der Waals surface area contributed by atoms with Crippen LogP contribution in [-0.2, 0) is 9.53 Å². The van der Waals surface area contributed by atoms with Crippen molar-refractivity contribution in [2.75, 3.05) is 7.05 Å². The molecule has 0 spiro atoms. The lowest BCUT2D eigenvalue weighted by Gasteiger charge is -2.17. The molecule has 0 saturated carbocycles. The van der Waals surface area contributed by atoms with Gasteiger partial charge in [-0.05, 0) is 20.8 Å². The molecule has 0 aromatic rings. The Morgan fingerprint density at radius 3 is 2.71 bits per heavy atom. The average Bonchev–Trinajstić information content (AvgIpc) is 2.35. The number of ether oxygens (including phenoxy) is 1. The first-order chi connectivity index (χ1) is 6.46. The van der Waals surface area contributed by atoms with Crippen molar-refractivity contribution in [3.63, 3.8) is 0 Å². The molecule has 1 heterocycles. The summed E-state index contributed by atoms with van der Waals surface area (Å²) >= 11 is 0. The van der Waals surface area contributed by atoms with Crippen LogP contribution in [0.25, 0.3) is 0 Å². The Hall–Kier alpha value is -0.940. The number of carbonyl (C=O) groups is 1. The van der Waals surface area contributed by atoms with Gasteiger partial charge >= 0.3 is 0 Å². The van der Waals surface area contributed by atoms with Crippen LogP contribution in [0.2, 0.25) is 0 Å². The van der Waals surface area contributed by atoms with E-state index < -0.39 is 5.72 Å². The third kappa shape index (κ3) is 2.52. The molecule has 0 bridgehead atoms. The Morgan fingerprint density at radius 1 is 1.64 bits per heavy atom. The quantitative estimate of drug-likeness (QED) is 0.480. The molecular weight excluding hydrogens is 182 g/mol. The Balaban J connectivity index is 2.62. The zero-order chi connectivity index (χ0) is 10.8. The summed E-state index contributed by atoms with van der Waals surface area (Å²) in [7, 11) is 1.70. The maximum atomic E-state index is 11.5. The summed E-state index contributed by atoms with van der Waals surface area (Å²) in [6.45, 7) is 5.64. The van der Waals surface area contributed by atoms with E-state index in [2.05, 4.69) is 15.6 Å². The van der Waals surface area contributed by atoms with Crippen molar-refractivity contribution in [3.05, 3.63) is 0 Å². The van der Waals surface area contributed by atoms with Gasteiger partial charge in [-0.3, -0.25) is 10.1 Å². The molecule has 0 radical (unpaired) electrons. The smallest absolute Gasteiger partial charge is 0.266 e. The van der Waals surface area contributed by atoms with Crippen LogP contribution in [0, 0.1) is 0 Å². The van der Waals surface area contributed by atoms with E-state index in [0.29, 0.717) is 0 Å². The molecule has 1 aliphatic rings. The van der Waals surface area contributed by atoms with Crippen LogP contribution in [0.5, 0.6) is 0 Å². The van der Waals surface area contributed by atoms with E-state index >= 15 is 0 Å². The fourth-order valence-corrected chi connectivity index (χ4v) is 1.53. The number of hydrogen-bond acceptors (Lipinski definition) is 3. The molecule has 1 fully saturated rings. The van der Waals surface area contributed by atoms with Gasteiger partial charge in [0.05, 0.1) is 12.4 Å². The first-order valence-electron chi connectivity index (χ1n) is 4.65. The third-order valence-corrected chi connectivity index (χ3v) is 2.04. The number of carbonyl (C=O) groups excluding carboxylic acids is 1. The normalized spacial score (nSPS) is 30.9. The number of nitrogens with one attached hydrogen (secondary N) is 2. The maximum Gasteiger partial charge on any atom is 0.266 e. The molecule has 0 aromatic heterocycles. The van der Waals surface area contributed by atoms with Gasteiger partial charge in [0.1, 0.15) is 11.8 Å². The average molecular weight is 199 g/mol. The standard InChI is InChI=1S/C9H17N3O2/c1-6-7(8(13)11-5-10-4)12-9(2,3)14-6/h5-7,12H,1-4H3,(H,10,11,13)/t6-,7+/m1/s1. The van der Waals surface area contributed by atoms with Crippen molar-refractivity contribution < 1.29 is 9.53 Å². The Kier molecular flexibility index (Phi) is 3.23. The zero-order valence-corrected chi connectivity index (χ0v) is 9.00. The van der Waals surface area contributed by atoms with E-state index in [1.54, 1.807) is 7.05 Å². The van der Waals surface area contributed by atoms with Crippen LogP contribution < -0.4 is 10.6 Å². The van der Waals surface area contributed by atoms with Gasteiger partial charge in [-0.15, -0.1) is 0 Å². The van der Waals surface area contributed by atoms with Crippen molar-refractivity contribution >= 4 is 12.2 Å². The van der Waals surface area contributed by atoms with E-state index in [-0.39, 0.29) is 18.1 Å². The zero-order valence-electron chi connectivity index (χ0n) is 9.00. The molecule has 2 atom stereocenters. The maximum absolute atomic E-state index is 11.5. The predicted octanol–water partition coefficient (Wildman–Crippen LogP) is -0.126. The molecule has 0 unspecified atom stereocenters. The fourth-order valence-electron chi connectivity index (χ4n) is 1.53. The van der Waals surface area contributed by atoms with E-state index in [4.69, 9.17) is 4.74 Å². The highest BCUT2D eigenvalue weighted by Gasteiger charge is 2.40. The predicted molar refractivity (Wildman–Crippen MR) is 54.1 cm³/mol. The van der Waals surface area contributed by atoms with E-state index in [9.17, 15) is 4.79 Å².